The van der Waals surface area contributed by atoms with Crippen LogP contribution in [0.4, 0.5) is 0 Å². The lowest BCUT2D eigenvalue weighted by Crippen LogP contribution is -2.26. The molecule has 1 amide bonds. The van der Waals surface area contributed by atoms with Gasteiger partial charge in [-0.05, 0) is 42.8 Å². The van der Waals surface area contributed by atoms with Crippen LogP contribution in [0.25, 0.3) is 11.3 Å². The first kappa shape index (κ1) is 17.0. The Morgan fingerprint density at radius 3 is 2.48 bits per heavy atom. The van der Waals surface area contributed by atoms with Gasteiger partial charge in [0.25, 0.3) is 5.91 Å². The van der Waals surface area contributed by atoms with Crippen LogP contribution in [-0.4, -0.2) is 23.2 Å². The van der Waals surface area contributed by atoms with Crippen molar-refractivity contribution >= 4 is 17.5 Å². The number of H-pyrrole nitrogens is 1. The number of aromatic amines is 1. The summed E-state index contributed by atoms with van der Waals surface area (Å²) in [4.78, 5) is 12.4. The van der Waals surface area contributed by atoms with Crippen molar-refractivity contribution in [2.24, 2.45) is 0 Å². The number of amides is 1. The van der Waals surface area contributed by atoms with E-state index in [0.717, 1.165) is 16.9 Å². The summed E-state index contributed by atoms with van der Waals surface area (Å²) >= 11 is 5.89. The Balaban J connectivity index is 1.69. The normalized spacial score (nSPS) is 11.8. The predicted molar refractivity (Wildman–Crippen MR) is 97.9 cm³/mol. The lowest BCUT2D eigenvalue weighted by Gasteiger charge is -2.14. The van der Waals surface area contributed by atoms with Gasteiger partial charge in [0.1, 0.15) is 11.4 Å². The van der Waals surface area contributed by atoms with Gasteiger partial charge in [-0.1, -0.05) is 35.9 Å². The van der Waals surface area contributed by atoms with E-state index in [2.05, 4.69) is 15.5 Å². The van der Waals surface area contributed by atoms with Crippen molar-refractivity contribution < 1.29 is 9.53 Å². The second kappa shape index (κ2) is 7.40. The number of carbonyl (C=O) groups is 1. The van der Waals surface area contributed by atoms with Crippen molar-refractivity contribution in [3.63, 3.8) is 0 Å². The largest absolute Gasteiger partial charge is 0.497 e. The topological polar surface area (TPSA) is 67.0 Å². The first-order valence-corrected chi connectivity index (χ1v) is 8.21. The quantitative estimate of drug-likeness (QED) is 0.719. The summed E-state index contributed by atoms with van der Waals surface area (Å²) in [5.41, 5.74) is 2.98. The van der Waals surface area contributed by atoms with E-state index >= 15 is 0 Å². The van der Waals surface area contributed by atoms with Crippen LogP contribution in [0.3, 0.4) is 0 Å². The summed E-state index contributed by atoms with van der Waals surface area (Å²) in [6.07, 6.45) is 0. The molecule has 0 bridgehead atoms. The van der Waals surface area contributed by atoms with Crippen LogP contribution in [0.5, 0.6) is 5.75 Å². The standard InChI is InChI=1S/C19H18ClN3O2/c1-12(13-5-9-16(25-2)10-6-13)21-19(24)18-11-17(22-23-18)14-3-7-15(20)8-4-14/h3-12H,1-2H3,(H,21,24)(H,22,23). The maximum absolute atomic E-state index is 12.4. The van der Waals surface area contributed by atoms with Gasteiger partial charge < -0.3 is 10.1 Å². The summed E-state index contributed by atoms with van der Waals surface area (Å²) in [7, 11) is 1.62. The van der Waals surface area contributed by atoms with E-state index < -0.39 is 0 Å². The molecule has 0 radical (unpaired) electrons. The van der Waals surface area contributed by atoms with Crippen molar-refractivity contribution in [3.8, 4) is 17.0 Å². The molecule has 0 saturated heterocycles. The average molecular weight is 356 g/mol. The van der Waals surface area contributed by atoms with Gasteiger partial charge >= 0.3 is 0 Å². The number of methoxy groups -OCH3 is 1. The van der Waals surface area contributed by atoms with Crippen molar-refractivity contribution in [1.82, 2.24) is 15.5 Å². The van der Waals surface area contributed by atoms with Gasteiger partial charge in [0, 0.05) is 10.6 Å². The fraction of sp³-hybridized carbons (Fsp3) is 0.158. The molecule has 128 valence electrons. The summed E-state index contributed by atoms with van der Waals surface area (Å²) in [6, 6.07) is 16.5. The van der Waals surface area contributed by atoms with E-state index in [9.17, 15) is 4.79 Å². The average Bonchev–Trinajstić information content (AvgIpc) is 3.12. The van der Waals surface area contributed by atoms with Crippen LogP contribution in [0.15, 0.2) is 54.6 Å². The molecular weight excluding hydrogens is 338 g/mol. The molecule has 1 heterocycles. The highest BCUT2D eigenvalue weighted by Crippen LogP contribution is 2.21. The lowest BCUT2D eigenvalue weighted by atomic mass is 10.1. The summed E-state index contributed by atoms with van der Waals surface area (Å²) < 4.78 is 5.14. The molecule has 1 unspecified atom stereocenters. The Labute approximate surface area is 151 Å². The Bertz CT molecular complexity index is 857. The van der Waals surface area contributed by atoms with Crippen LogP contribution < -0.4 is 10.1 Å². The number of hydrogen-bond acceptors (Lipinski definition) is 3. The zero-order chi connectivity index (χ0) is 17.8. The Morgan fingerprint density at radius 1 is 1.16 bits per heavy atom. The predicted octanol–water partition coefficient (Wildman–Crippen LogP) is 4.23. The number of hydrogen-bond donors (Lipinski definition) is 2. The zero-order valence-electron chi connectivity index (χ0n) is 13.9. The molecule has 1 atom stereocenters. The molecule has 3 rings (SSSR count). The van der Waals surface area contributed by atoms with Crippen molar-refractivity contribution in [2.75, 3.05) is 7.11 Å². The fourth-order valence-corrected chi connectivity index (χ4v) is 2.58. The van der Waals surface area contributed by atoms with Crippen molar-refractivity contribution in [2.45, 2.75) is 13.0 Å². The van der Waals surface area contributed by atoms with Crippen molar-refractivity contribution in [3.05, 3.63) is 70.9 Å². The van der Waals surface area contributed by atoms with E-state index in [1.165, 1.54) is 0 Å². The number of rotatable bonds is 5. The van der Waals surface area contributed by atoms with E-state index in [1.54, 1.807) is 25.3 Å². The first-order chi connectivity index (χ1) is 12.1. The van der Waals surface area contributed by atoms with Gasteiger partial charge in [-0.3, -0.25) is 9.89 Å². The van der Waals surface area contributed by atoms with Gasteiger partial charge in [-0.2, -0.15) is 5.10 Å². The van der Waals surface area contributed by atoms with Gasteiger partial charge in [-0.15, -0.1) is 0 Å². The van der Waals surface area contributed by atoms with Crippen molar-refractivity contribution in [1.29, 1.82) is 0 Å². The third-order valence-electron chi connectivity index (χ3n) is 3.93. The van der Waals surface area contributed by atoms with Gasteiger partial charge in [0.2, 0.25) is 0 Å². The van der Waals surface area contributed by atoms with E-state index in [1.807, 2.05) is 43.3 Å². The van der Waals surface area contributed by atoms with Crippen LogP contribution in [0, 0.1) is 0 Å². The first-order valence-electron chi connectivity index (χ1n) is 7.83. The molecule has 0 aliphatic carbocycles. The van der Waals surface area contributed by atoms with Crippen LogP contribution in [-0.2, 0) is 0 Å². The second-order valence-electron chi connectivity index (χ2n) is 5.64. The van der Waals surface area contributed by atoms with Crippen LogP contribution in [0.1, 0.15) is 29.0 Å². The number of ether oxygens (including phenoxy) is 1. The van der Waals surface area contributed by atoms with E-state index in [-0.39, 0.29) is 11.9 Å². The number of nitrogens with zero attached hydrogens (tertiary/aromatic N) is 1. The summed E-state index contributed by atoms with van der Waals surface area (Å²) in [5.74, 6) is 0.569. The maximum atomic E-state index is 12.4. The third-order valence-corrected chi connectivity index (χ3v) is 4.18. The number of halogens is 1. The Morgan fingerprint density at radius 2 is 1.84 bits per heavy atom. The van der Waals surface area contributed by atoms with E-state index in [0.29, 0.717) is 16.4 Å². The molecule has 25 heavy (non-hydrogen) atoms. The maximum Gasteiger partial charge on any atom is 0.269 e. The molecule has 1 aromatic heterocycles. The number of carbonyl (C=O) groups excluding carboxylic acids is 1. The summed E-state index contributed by atoms with van der Waals surface area (Å²) in [5, 5.41) is 10.6. The molecule has 6 heteroatoms. The fourth-order valence-electron chi connectivity index (χ4n) is 2.46. The Kier molecular flexibility index (Phi) is 5.05. The highest BCUT2D eigenvalue weighted by atomic mass is 35.5. The highest BCUT2D eigenvalue weighted by Gasteiger charge is 2.14. The molecule has 2 aromatic carbocycles. The monoisotopic (exact) mass is 355 g/mol. The smallest absolute Gasteiger partial charge is 0.269 e. The molecule has 0 aliphatic rings. The van der Waals surface area contributed by atoms with Gasteiger partial charge in [-0.25, -0.2) is 0 Å². The molecule has 5 nitrogen and oxygen atoms in total. The van der Waals surface area contributed by atoms with Gasteiger partial charge in [0.15, 0.2) is 0 Å². The van der Waals surface area contributed by atoms with Gasteiger partial charge in [0.05, 0.1) is 18.8 Å². The SMILES string of the molecule is COc1ccc(C(C)NC(=O)c2cc(-c3ccc(Cl)cc3)n[nH]2)cc1. The molecule has 0 saturated carbocycles. The number of benzene rings is 2. The van der Waals surface area contributed by atoms with Crippen LogP contribution in [0.2, 0.25) is 5.02 Å². The molecule has 3 aromatic rings. The molecule has 0 fully saturated rings. The third kappa shape index (κ3) is 4.00. The Hall–Kier alpha value is -2.79. The molecular formula is C19H18ClN3O2. The highest BCUT2D eigenvalue weighted by molar-refractivity contribution is 6.30. The number of nitrogens with one attached hydrogen (secondary N) is 2. The zero-order valence-corrected chi connectivity index (χ0v) is 14.7. The number of aromatic nitrogens is 2. The van der Waals surface area contributed by atoms with E-state index in [4.69, 9.17) is 16.3 Å². The molecule has 2 N–H and O–H groups in total. The minimum Gasteiger partial charge on any atom is -0.497 e. The minimum absolute atomic E-state index is 0.138. The molecule has 0 aliphatic heterocycles. The lowest BCUT2D eigenvalue weighted by molar-refractivity contribution is 0.0935. The molecule has 0 spiro atoms. The van der Waals surface area contributed by atoms with Crippen LogP contribution >= 0.6 is 11.6 Å². The summed E-state index contributed by atoms with van der Waals surface area (Å²) in [6.45, 7) is 1.93. The second-order valence-corrected chi connectivity index (χ2v) is 6.08. The minimum atomic E-state index is -0.212.